The minimum atomic E-state index is 0.638. The average Bonchev–Trinajstić information content (AvgIpc) is 2.28. The largest absolute Gasteiger partial charge is 0.236 e. The maximum Gasteiger partial charge on any atom is 0.174 e. The Balaban J connectivity index is 2.19. The molecule has 0 radical (unpaired) electrons. The van der Waals surface area contributed by atoms with Gasteiger partial charge < -0.3 is 0 Å². The number of hydrogen-bond donors (Lipinski definition) is 0. The first-order valence-electron chi connectivity index (χ1n) is 4.74. The summed E-state index contributed by atoms with van der Waals surface area (Å²) in [7, 11) is 0. The number of nitrogens with zero attached hydrogens (tertiary/aromatic N) is 3. The van der Waals surface area contributed by atoms with Crippen molar-refractivity contribution in [2.75, 3.05) is 0 Å². The first kappa shape index (κ1) is 9.52. The molecule has 3 heteroatoms. The molecule has 15 heavy (non-hydrogen) atoms. The Morgan fingerprint density at radius 1 is 1.00 bits per heavy atom. The van der Waals surface area contributed by atoms with E-state index >= 15 is 0 Å². The zero-order chi connectivity index (χ0) is 10.5. The van der Waals surface area contributed by atoms with Gasteiger partial charge in [-0.05, 0) is 36.8 Å². The van der Waals surface area contributed by atoms with E-state index in [9.17, 15) is 0 Å². The lowest BCUT2D eigenvalue weighted by atomic mass is 10.3. The molecule has 1 aromatic heterocycles. The lowest BCUT2D eigenvalue weighted by Crippen LogP contribution is -1.74. The Hall–Kier alpha value is -2.03. The van der Waals surface area contributed by atoms with E-state index in [-0.39, 0.29) is 0 Å². The van der Waals surface area contributed by atoms with Crippen molar-refractivity contribution < 1.29 is 0 Å². The Labute approximate surface area is 88.5 Å². The van der Waals surface area contributed by atoms with Crippen LogP contribution in [0, 0.1) is 6.92 Å². The van der Waals surface area contributed by atoms with Crippen molar-refractivity contribution in [1.82, 2.24) is 4.98 Å². The highest BCUT2D eigenvalue weighted by molar-refractivity contribution is 5.37. The molecule has 74 valence electrons. The van der Waals surface area contributed by atoms with Crippen LogP contribution in [0.5, 0.6) is 0 Å². The van der Waals surface area contributed by atoms with Gasteiger partial charge in [0.15, 0.2) is 5.82 Å². The third-order valence-corrected chi connectivity index (χ3v) is 1.93. The monoisotopic (exact) mass is 197 g/mol. The molecule has 0 aliphatic heterocycles. The maximum absolute atomic E-state index is 4.09. The number of hydrogen-bond acceptors (Lipinski definition) is 3. The fourth-order valence-electron chi connectivity index (χ4n) is 1.18. The van der Waals surface area contributed by atoms with Crippen LogP contribution in [0.3, 0.4) is 0 Å². The lowest BCUT2D eigenvalue weighted by molar-refractivity contribution is 1.14. The quantitative estimate of drug-likeness (QED) is 0.674. The third-order valence-electron chi connectivity index (χ3n) is 1.93. The minimum Gasteiger partial charge on any atom is -0.236 e. The van der Waals surface area contributed by atoms with Crippen molar-refractivity contribution in [2.24, 2.45) is 10.2 Å². The minimum absolute atomic E-state index is 0.638. The van der Waals surface area contributed by atoms with Gasteiger partial charge in [-0.15, -0.1) is 10.2 Å². The van der Waals surface area contributed by atoms with Crippen LogP contribution in [-0.2, 0) is 0 Å². The van der Waals surface area contributed by atoms with E-state index in [1.807, 2.05) is 49.4 Å². The summed E-state index contributed by atoms with van der Waals surface area (Å²) >= 11 is 0. The molecule has 0 fully saturated rings. The third kappa shape index (κ3) is 2.71. The van der Waals surface area contributed by atoms with Gasteiger partial charge >= 0.3 is 0 Å². The Morgan fingerprint density at radius 2 is 1.80 bits per heavy atom. The molecule has 2 rings (SSSR count). The van der Waals surface area contributed by atoms with Crippen LogP contribution in [0.1, 0.15) is 5.56 Å². The fraction of sp³-hybridized carbons (Fsp3) is 0.0833. The predicted molar refractivity (Wildman–Crippen MR) is 59.6 cm³/mol. The van der Waals surface area contributed by atoms with Crippen LogP contribution >= 0.6 is 0 Å². The van der Waals surface area contributed by atoms with Gasteiger partial charge in [0.2, 0.25) is 0 Å². The molecule has 0 aliphatic rings. The second-order valence-electron chi connectivity index (χ2n) is 3.23. The molecule has 3 nitrogen and oxygen atoms in total. The number of aromatic nitrogens is 1. The zero-order valence-electron chi connectivity index (χ0n) is 8.46. The van der Waals surface area contributed by atoms with Crippen LogP contribution in [-0.4, -0.2) is 4.98 Å². The van der Waals surface area contributed by atoms with Crippen molar-refractivity contribution in [3.63, 3.8) is 0 Å². The van der Waals surface area contributed by atoms with E-state index < -0.39 is 0 Å². The summed E-state index contributed by atoms with van der Waals surface area (Å²) in [6.07, 6.45) is 1.73. The van der Waals surface area contributed by atoms with Crippen LogP contribution in [0.4, 0.5) is 11.5 Å². The molecule has 0 atom stereocenters. The summed E-state index contributed by atoms with van der Waals surface area (Å²) < 4.78 is 0. The summed E-state index contributed by atoms with van der Waals surface area (Å²) in [5.41, 5.74) is 1.97. The Morgan fingerprint density at radius 3 is 2.53 bits per heavy atom. The lowest BCUT2D eigenvalue weighted by Gasteiger charge is -1.93. The van der Waals surface area contributed by atoms with Crippen LogP contribution in [0.15, 0.2) is 58.9 Å². The van der Waals surface area contributed by atoms with Gasteiger partial charge in [0, 0.05) is 6.20 Å². The highest BCUT2D eigenvalue weighted by atomic mass is 15.1. The summed E-state index contributed by atoms with van der Waals surface area (Å²) in [4.78, 5) is 4.09. The molecule has 0 bridgehead atoms. The number of azo groups is 1. The summed E-state index contributed by atoms with van der Waals surface area (Å²) in [6.45, 7) is 2.00. The second-order valence-corrected chi connectivity index (χ2v) is 3.23. The van der Waals surface area contributed by atoms with Gasteiger partial charge in [0.05, 0.1) is 5.69 Å². The van der Waals surface area contributed by atoms with Crippen LogP contribution in [0.2, 0.25) is 0 Å². The van der Waals surface area contributed by atoms with Gasteiger partial charge in [0.25, 0.3) is 0 Å². The molecule has 0 unspecified atom stereocenters. The SMILES string of the molecule is Cc1ccnc(N=Nc2ccccc2)c1. The summed E-state index contributed by atoms with van der Waals surface area (Å²) in [5.74, 6) is 0.638. The van der Waals surface area contributed by atoms with E-state index in [1.165, 1.54) is 0 Å². The molecular formula is C12H11N3. The van der Waals surface area contributed by atoms with E-state index in [1.54, 1.807) is 6.20 Å². The molecule has 1 heterocycles. The van der Waals surface area contributed by atoms with Crippen molar-refractivity contribution in [1.29, 1.82) is 0 Å². The summed E-state index contributed by atoms with van der Waals surface area (Å²) in [6, 6.07) is 13.4. The van der Waals surface area contributed by atoms with Crippen molar-refractivity contribution in [2.45, 2.75) is 6.92 Å². The summed E-state index contributed by atoms with van der Waals surface area (Å²) in [5, 5.41) is 8.13. The molecular weight excluding hydrogens is 186 g/mol. The topological polar surface area (TPSA) is 37.6 Å². The molecule has 0 spiro atoms. The van der Waals surface area contributed by atoms with E-state index in [4.69, 9.17) is 0 Å². The number of pyridine rings is 1. The molecule has 0 amide bonds. The van der Waals surface area contributed by atoms with E-state index in [2.05, 4.69) is 15.2 Å². The van der Waals surface area contributed by atoms with Crippen molar-refractivity contribution in [3.05, 3.63) is 54.2 Å². The average molecular weight is 197 g/mol. The van der Waals surface area contributed by atoms with Gasteiger partial charge in [-0.2, -0.15) is 0 Å². The van der Waals surface area contributed by atoms with E-state index in [0.29, 0.717) is 5.82 Å². The highest BCUT2D eigenvalue weighted by Gasteiger charge is 1.91. The molecule has 1 aromatic carbocycles. The second kappa shape index (κ2) is 4.46. The zero-order valence-corrected chi connectivity index (χ0v) is 8.46. The highest BCUT2D eigenvalue weighted by Crippen LogP contribution is 2.15. The molecule has 0 saturated heterocycles. The Kier molecular flexibility index (Phi) is 2.83. The fourth-order valence-corrected chi connectivity index (χ4v) is 1.18. The van der Waals surface area contributed by atoms with Gasteiger partial charge in [-0.25, -0.2) is 4.98 Å². The van der Waals surface area contributed by atoms with Crippen LogP contribution in [0.25, 0.3) is 0 Å². The van der Waals surface area contributed by atoms with Crippen molar-refractivity contribution >= 4 is 11.5 Å². The van der Waals surface area contributed by atoms with Gasteiger partial charge in [0.1, 0.15) is 0 Å². The first-order valence-corrected chi connectivity index (χ1v) is 4.74. The smallest absolute Gasteiger partial charge is 0.174 e. The standard InChI is InChI=1S/C12H11N3/c1-10-7-8-13-12(9-10)15-14-11-5-3-2-4-6-11/h2-9H,1H3. The molecule has 0 aliphatic carbocycles. The van der Waals surface area contributed by atoms with Gasteiger partial charge in [-0.3, -0.25) is 0 Å². The Bertz CT molecular complexity index is 463. The van der Waals surface area contributed by atoms with Gasteiger partial charge in [-0.1, -0.05) is 18.2 Å². The number of rotatable bonds is 2. The first-order chi connectivity index (χ1) is 7.34. The number of benzene rings is 1. The van der Waals surface area contributed by atoms with E-state index in [0.717, 1.165) is 11.3 Å². The number of aryl methyl sites for hydroxylation is 1. The van der Waals surface area contributed by atoms with Crippen molar-refractivity contribution in [3.8, 4) is 0 Å². The predicted octanol–water partition coefficient (Wildman–Crippen LogP) is 3.81. The normalized spacial score (nSPS) is 10.7. The molecule has 2 aromatic rings. The molecule has 0 N–H and O–H groups in total. The van der Waals surface area contributed by atoms with Crippen LogP contribution < -0.4 is 0 Å². The maximum atomic E-state index is 4.09. The molecule has 0 saturated carbocycles.